The highest BCUT2D eigenvalue weighted by Gasteiger charge is 2.14. The molecule has 0 amide bonds. The molecule has 1 aromatic rings. The average molecular weight is 166 g/mol. The van der Waals surface area contributed by atoms with Crippen molar-refractivity contribution in [1.82, 2.24) is 15.1 Å². The van der Waals surface area contributed by atoms with Crippen molar-refractivity contribution in [3.8, 4) is 0 Å². The van der Waals surface area contributed by atoms with E-state index in [-0.39, 0.29) is 0 Å². The van der Waals surface area contributed by atoms with E-state index < -0.39 is 0 Å². The van der Waals surface area contributed by atoms with Gasteiger partial charge in [-0.1, -0.05) is 0 Å². The van der Waals surface area contributed by atoms with E-state index in [2.05, 4.69) is 10.4 Å². The van der Waals surface area contributed by atoms with Gasteiger partial charge >= 0.3 is 0 Å². The Morgan fingerprint density at radius 3 is 3.25 bits per heavy atom. The maximum atomic E-state index is 5.55. The number of nitrogens with zero attached hydrogens (tertiary/aromatic N) is 2. The van der Waals surface area contributed by atoms with E-state index in [0.717, 1.165) is 18.8 Å². The van der Waals surface area contributed by atoms with Crippen LogP contribution in [0.1, 0.15) is 12.8 Å². The maximum absolute atomic E-state index is 5.55. The number of nitrogen functional groups attached to an aromatic ring is 1. The van der Waals surface area contributed by atoms with Crippen LogP contribution >= 0.6 is 0 Å². The lowest BCUT2D eigenvalue weighted by molar-refractivity contribution is 0.476. The standard InChI is InChI=1S/C8H14N4/c9-7-4-11-12(5-7)6-8-2-1-3-10-8/h4-5,8,10H,1-3,6,9H2. The van der Waals surface area contributed by atoms with Gasteiger partial charge in [-0.3, -0.25) is 4.68 Å². The Hall–Kier alpha value is -1.03. The Kier molecular flexibility index (Phi) is 1.99. The normalized spacial score (nSPS) is 23.2. The Labute approximate surface area is 71.7 Å². The third-order valence-corrected chi connectivity index (χ3v) is 2.22. The molecule has 3 N–H and O–H groups in total. The first kappa shape index (κ1) is 7.61. The summed E-state index contributed by atoms with van der Waals surface area (Å²) in [4.78, 5) is 0. The summed E-state index contributed by atoms with van der Waals surface area (Å²) in [6.45, 7) is 2.08. The molecule has 2 heterocycles. The van der Waals surface area contributed by atoms with Gasteiger partial charge in [0.25, 0.3) is 0 Å². The fraction of sp³-hybridized carbons (Fsp3) is 0.625. The summed E-state index contributed by atoms with van der Waals surface area (Å²) in [6.07, 6.45) is 6.09. The van der Waals surface area contributed by atoms with E-state index in [1.165, 1.54) is 12.8 Å². The molecule has 0 spiro atoms. The second-order valence-corrected chi connectivity index (χ2v) is 3.29. The zero-order chi connectivity index (χ0) is 8.39. The van der Waals surface area contributed by atoms with Gasteiger partial charge in [-0.25, -0.2) is 0 Å². The zero-order valence-electron chi connectivity index (χ0n) is 7.03. The molecule has 4 heteroatoms. The highest BCUT2D eigenvalue weighted by molar-refractivity contribution is 5.30. The summed E-state index contributed by atoms with van der Waals surface area (Å²) >= 11 is 0. The quantitative estimate of drug-likeness (QED) is 0.660. The number of aromatic nitrogens is 2. The molecule has 1 aliphatic heterocycles. The molecule has 0 aliphatic carbocycles. The first-order valence-corrected chi connectivity index (χ1v) is 4.36. The van der Waals surface area contributed by atoms with E-state index in [1.54, 1.807) is 6.20 Å². The van der Waals surface area contributed by atoms with Gasteiger partial charge < -0.3 is 11.1 Å². The van der Waals surface area contributed by atoms with Crippen LogP contribution in [0.5, 0.6) is 0 Å². The maximum Gasteiger partial charge on any atom is 0.0719 e. The molecular formula is C8H14N4. The van der Waals surface area contributed by atoms with Crippen LogP contribution in [0.2, 0.25) is 0 Å². The zero-order valence-corrected chi connectivity index (χ0v) is 7.03. The molecule has 0 radical (unpaired) electrons. The molecule has 1 fully saturated rings. The summed E-state index contributed by atoms with van der Waals surface area (Å²) in [5, 5.41) is 7.54. The third kappa shape index (κ3) is 1.58. The molecule has 0 aromatic carbocycles. The van der Waals surface area contributed by atoms with Crippen molar-refractivity contribution in [3.05, 3.63) is 12.4 Å². The second kappa shape index (κ2) is 3.15. The van der Waals surface area contributed by atoms with Gasteiger partial charge in [-0.05, 0) is 19.4 Å². The fourth-order valence-corrected chi connectivity index (χ4v) is 1.62. The topological polar surface area (TPSA) is 55.9 Å². The van der Waals surface area contributed by atoms with Crippen molar-refractivity contribution in [3.63, 3.8) is 0 Å². The molecule has 2 rings (SSSR count). The highest BCUT2D eigenvalue weighted by atomic mass is 15.3. The second-order valence-electron chi connectivity index (χ2n) is 3.29. The van der Waals surface area contributed by atoms with Crippen molar-refractivity contribution >= 4 is 5.69 Å². The Morgan fingerprint density at radius 2 is 2.67 bits per heavy atom. The number of hydrogen-bond donors (Lipinski definition) is 2. The molecule has 66 valence electrons. The predicted octanol–water partition coefficient (Wildman–Crippen LogP) is 0.217. The van der Waals surface area contributed by atoms with E-state index in [4.69, 9.17) is 5.73 Å². The molecule has 1 unspecified atom stereocenters. The van der Waals surface area contributed by atoms with Crippen molar-refractivity contribution < 1.29 is 0 Å². The molecular weight excluding hydrogens is 152 g/mol. The van der Waals surface area contributed by atoms with Crippen LogP contribution in [0.25, 0.3) is 0 Å². The SMILES string of the molecule is Nc1cnn(CC2CCCN2)c1. The van der Waals surface area contributed by atoms with Crippen LogP contribution in [0.15, 0.2) is 12.4 Å². The predicted molar refractivity (Wildman–Crippen MR) is 47.7 cm³/mol. The van der Waals surface area contributed by atoms with Crippen LogP contribution in [-0.2, 0) is 6.54 Å². The Balaban J connectivity index is 1.94. The lowest BCUT2D eigenvalue weighted by Gasteiger charge is -2.08. The molecule has 1 saturated heterocycles. The lowest BCUT2D eigenvalue weighted by atomic mass is 10.2. The van der Waals surface area contributed by atoms with Crippen molar-refractivity contribution in [1.29, 1.82) is 0 Å². The smallest absolute Gasteiger partial charge is 0.0719 e. The largest absolute Gasteiger partial charge is 0.396 e. The summed E-state index contributed by atoms with van der Waals surface area (Å²) < 4.78 is 1.90. The summed E-state index contributed by atoms with van der Waals surface area (Å²) in [5.41, 5.74) is 6.29. The van der Waals surface area contributed by atoms with Crippen LogP contribution in [0.3, 0.4) is 0 Å². The molecule has 0 saturated carbocycles. The van der Waals surface area contributed by atoms with E-state index in [1.807, 2.05) is 10.9 Å². The van der Waals surface area contributed by atoms with Gasteiger partial charge in [-0.15, -0.1) is 0 Å². The van der Waals surface area contributed by atoms with E-state index >= 15 is 0 Å². The van der Waals surface area contributed by atoms with Gasteiger partial charge in [0.2, 0.25) is 0 Å². The first-order valence-electron chi connectivity index (χ1n) is 4.36. The number of nitrogens with one attached hydrogen (secondary N) is 1. The monoisotopic (exact) mass is 166 g/mol. The molecule has 1 atom stereocenters. The van der Waals surface area contributed by atoms with Crippen LogP contribution in [-0.4, -0.2) is 22.4 Å². The minimum Gasteiger partial charge on any atom is -0.396 e. The van der Waals surface area contributed by atoms with Gasteiger partial charge in [-0.2, -0.15) is 5.10 Å². The van der Waals surface area contributed by atoms with Crippen LogP contribution < -0.4 is 11.1 Å². The molecule has 0 bridgehead atoms. The average Bonchev–Trinajstić information content (AvgIpc) is 2.63. The van der Waals surface area contributed by atoms with Gasteiger partial charge in [0, 0.05) is 12.2 Å². The van der Waals surface area contributed by atoms with E-state index in [9.17, 15) is 0 Å². The fourth-order valence-electron chi connectivity index (χ4n) is 1.62. The summed E-state index contributed by atoms with van der Waals surface area (Å²) in [6, 6.07) is 0.587. The van der Waals surface area contributed by atoms with Gasteiger partial charge in [0.05, 0.1) is 18.4 Å². The van der Waals surface area contributed by atoms with Gasteiger partial charge in [0.15, 0.2) is 0 Å². The number of nitrogens with two attached hydrogens (primary N) is 1. The van der Waals surface area contributed by atoms with Gasteiger partial charge in [0.1, 0.15) is 0 Å². The Morgan fingerprint density at radius 1 is 1.75 bits per heavy atom. The number of rotatable bonds is 2. The molecule has 12 heavy (non-hydrogen) atoms. The molecule has 4 nitrogen and oxygen atoms in total. The van der Waals surface area contributed by atoms with Crippen molar-refractivity contribution in [2.24, 2.45) is 0 Å². The number of anilines is 1. The minimum absolute atomic E-state index is 0.587. The van der Waals surface area contributed by atoms with Crippen LogP contribution in [0.4, 0.5) is 5.69 Å². The van der Waals surface area contributed by atoms with Crippen molar-refractivity contribution in [2.45, 2.75) is 25.4 Å². The Bertz CT molecular complexity index is 249. The number of hydrogen-bond acceptors (Lipinski definition) is 3. The summed E-state index contributed by atoms with van der Waals surface area (Å²) in [5.74, 6) is 0. The third-order valence-electron chi connectivity index (χ3n) is 2.22. The van der Waals surface area contributed by atoms with Crippen LogP contribution in [0, 0.1) is 0 Å². The first-order chi connectivity index (χ1) is 5.84. The highest BCUT2D eigenvalue weighted by Crippen LogP contribution is 2.07. The van der Waals surface area contributed by atoms with Crippen molar-refractivity contribution in [2.75, 3.05) is 12.3 Å². The minimum atomic E-state index is 0.587. The molecule has 1 aliphatic rings. The van der Waals surface area contributed by atoms with E-state index in [0.29, 0.717) is 6.04 Å². The summed E-state index contributed by atoms with van der Waals surface area (Å²) in [7, 11) is 0. The molecule has 1 aromatic heterocycles. The lowest BCUT2D eigenvalue weighted by Crippen LogP contribution is -2.26.